The molecule has 0 radical (unpaired) electrons. The number of nitrogens with zero attached hydrogens (tertiary/aromatic N) is 2. The van der Waals surface area contributed by atoms with Crippen LogP contribution in [-0.4, -0.2) is 17.1 Å². The molecule has 2 aromatic heterocycles. The van der Waals surface area contributed by atoms with Crippen LogP contribution in [0.3, 0.4) is 0 Å². The predicted octanol–water partition coefficient (Wildman–Crippen LogP) is 1.44. The van der Waals surface area contributed by atoms with Gasteiger partial charge >= 0.3 is 0 Å². The number of pyridine rings is 2. The normalized spacial score (nSPS) is 9.88. The highest BCUT2D eigenvalue weighted by Crippen LogP contribution is 2.22. The van der Waals surface area contributed by atoms with Gasteiger partial charge in [0, 0.05) is 18.0 Å². The number of nitrogens with one attached hydrogen (secondary N) is 1. The molecule has 2 rings (SSSR count). The Morgan fingerprint density at radius 2 is 2.19 bits per heavy atom. The molecule has 0 amide bonds. The van der Waals surface area contributed by atoms with Gasteiger partial charge in [-0.1, -0.05) is 0 Å². The van der Waals surface area contributed by atoms with Crippen LogP contribution in [0, 0.1) is 0 Å². The first-order valence-electron chi connectivity index (χ1n) is 4.75. The van der Waals surface area contributed by atoms with Crippen molar-refractivity contribution in [2.24, 2.45) is 5.84 Å². The number of methoxy groups -OCH3 is 1. The van der Waals surface area contributed by atoms with Gasteiger partial charge in [-0.05, 0) is 18.2 Å². The van der Waals surface area contributed by atoms with Gasteiger partial charge in [-0.15, -0.1) is 0 Å². The monoisotopic (exact) mass is 216 g/mol. The fraction of sp³-hybridized carbons (Fsp3) is 0.0909. The van der Waals surface area contributed by atoms with E-state index in [0.29, 0.717) is 5.75 Å². The third-order valence-electron chi connectivity index (χ3n) is 2.17. The molecule has 0 saturated carbocycles. The van der Waals surface area contributed by atoms with Crippen molar-refractivity contribution in [2.75, 3.05) is 12.5 Å². The van der Waals surface area contributed by atoms with Gasteiger partial charge in [0.2, 0.25) is 0 Å². The highest BCUT2D eigenvalue weighted by Gasteiger charge is 2.02. The summed E-state index contributed by atoms with van der Waals surface area (Å²) in [6, 6.07) is 5.50. The lowest BCUT2D eigenvalue weighted by atomic mass is 10.2. The smallest absolute Gasteiger partial charge is 0.137 e. The quantitative estimate of drug-likeness (QED) is 0.600. The molecule has 2 heterocycles. The number of hydrogen-bond acceptors (Lipinski definition) is 5. The van der Waals surface area contributed by atoms with Gasteiger partial charge in [0.05, 0.1) is 24.7 Å². The molecule has 0 aliphatic carbocycles. The summed E-state index contributed by atoms with van der Waals surface area (Å²) in [7, 11) is 1.60. The van der Waals surface area contributed by atoms with E-state index in [1.165, 1.54) is 0 Å². The van der Waals surface area contributed by atoms with Crippen molar-refractivity contribution in [1.82, 2.24) is 9.97 Å². The number of anilines is 1. The molecule has 0 unspecified atom stereocenters. The van der Waals surface area contributed by atoms with Crippen molar-refractivity contribution in [1.29, 1.82) is 0 Å². The molecule has 0 atom stereocenters. The van der Waals surface area contributed by atoms with Gasteiger partial charge in [0.1, 0.15) is 5.75 Å². The van der Waals surface area contributed by atoms with E-state index >= 15 is 0 Å². The summed E-state index contributed by atoms with van der Waals surface area (Å²) >= 11 is 0. The van der Waals surface area contributed by atoms with Gasteiger partial charge in [0.25, 0.3) is 0 Å². The highest BCUT2D eigenvalue weighted by atomic mass is 16.5. The number of ether oxygens (including phenoxy) is 1. The largest absolute Gasteiger partial charge is 0.495 e. The molecule has 0 aromatic carbocycles. The fourth-order valence-corrected chi connectivity index (χ4v) is 1.35. The van der Waals surface area contributed by atoms with Crippen LogP contribution in [0.5, 0.6) is 5.75 Å². The van der Waals surface area contributed by atoms with E-state index in [2.05, 4.69) is 15.4 Å². The molecule has 3 N–H and O–H groups in total. The second kappa shape index (κ2) is 4.59. The highest BCUT2D eigenvalue weighted by molar-refractivity contribution is 5.64. The number of nitrogen functional groups attached to an aromatic ring is 1. The van der Waals surface area contributed by atoms with Crippen LogP contribution in [-0.2, 0) is 0 Å². The van der Waals surface area contributed by atoms with Gasteiger partial charge in [0.15, 0.2) is 0 Å². The van der Waals surface area contributed by atoms with E-state index in [4.69, 9.17) is 10.6 Å². The molecule has 16 heavy (non-hydrogen) atoms. The van der Waals surface area contributed by atoms with Crippen LogP contribution in [0.4, 0.5) is 5.69 Å². The maximum absolute atomic E-state index is 5.33. The van der Waals surface area contributed by atoms with Crippen LogP contribution >= 0.6 is 0 Å². The van der Waals surface area contributed by atoms with Gasteiger partial charge in [-0.25, -0.2) is 0 Å². The van der Waals surface area contributed by atoms with Crippen LogP contribution in [0.1, 0.15) is 0 Å². The molecule has 5 heteroatoms. The second-order valence-corrected chi connectivity index (χ2v) is 3.19. The number of aromatic nitrogens is 2. The number of rotatable bonds is 3. The van der Waals surface area contributed by atoms with E-state index in [1.807, 2.05) is 12.1 Å². The average molecular weight is 216 g/mol. The van der Waals surface area contributed by atoms with Crippen molar-refractivity contribution in [3.63, 3.8) is 0 Å². The van der Waals surface area contributed by atoms with Crippen LogP contribution < -0.4 is 16.0 Å². The molecule has 0 saturated heterocycles. The molecule has 2 aromatic rings. The molecular formula is C11H12N4O. The Morgan fingerprint density at radius 3 is 2.94 bits per heavy atom. The molecule has 0 aliphatic rings. The molecule has 0 aliphatic heterocycles. The Balaban J connectivity index is 2.41. The van der Waals surface area contributed by atoms with Gasteiger partial charge < -0.3 is 10.2 Å². The average Bonchev–Trinajstić information content (AvgIpc) is 2.39. The Hall–Kier alpha value is -2.14. The van der Waals surface area contributed by atoms with Crippen LogP contribution in [0.25, 0.3) is 11.3 Å². The molecule has 82 valence electrons. The summed E-state index contributed by atoms with van der Waals surface area (Å²) < 4.78 is 5.10. The Kier molecular flexibility index (Phi) is 2.98. The van der Waals surface area contributed by atoms with Gasteiger partial charge in [-0.2, -0.15) is 0 Å². The first-order valence-corrected chi connectivity index (χ1v) is 4.75. The maximum atomic E-state index is 5.33. The van der Waals surface area contributed by atoms with Crippen molar-refractivity contribution >= 4 is 5.69 Å². The van der Waals surface area contributed by atoms with Crippen LogP contribution in [0.15, 0.2) is 36.8 Å². The topological polar surface area (TPSA) is 73.1 Å². The Morgan fingerprint density at radius 1 is 1.31 bits per heavy atom. The third kappa shape index (κ3) is 2.09. The number of hydrazine groups is 1. The van der Waals surface area contributed by atoms with Crippen molar-refractivity contribution < 1.29 is 4.74 Å². The second-order valence-electron chi connectivity index (χ2n) is 3.19. The standard InChI is InChI=1S/C11H12N4O/c1-16-10-4-8(6-13-7-10)11-5-9(15-12)2-3-14-11/h2-7H,12H2,1H3,(H,14,15). The summed E-state index contributed by atoms with van der Waals surface area (Å²) in [5.74, 6) is 6.03. The van der Waals surface area contributed by atoms with Gasteiger partial charge in [-0.3, -0.25) is 15.8 Å². The van der Waals surface area contributed by atoms with Crippen molar-refractivity contribution in [3.05, 3.63) is 36.8 Å². The fourth-order valence-electron chi connectivity index (χ4n) is 1.35. The minimum absolute atomic E-state index is 0.699. The lowest BCUT2D eigenvalue weighted by molar-refractivity contribution is 0.413. The summed E-state index contributed by atoms with van der Waals surface area (Å²) in [4.78, 5) is 8.31. The summed E-state index contributed by atoms with van der Waals surface area (Å²) in [6.45, 7) is 0. The summed E-state index contributed by atoms with van der Waals surface area (Å²) in [5, 5.41) is 0. The zero-order chi connectivity index (χ0) is 11.4. The zero-order valence-electron chi connectivity index (χ0n) is 8.84. The third-order valence-corrected chi connectivity index (χ3v) is 2.17. The van der Waals surface area contributed by atoms with E-state index in [0.717, 1.165) is 16.9 Å². The first kappa shape index (κ1) is 10.4. The lowest BCUT2D eigenvalue weighted by Gasteiger charge is -2.05. The SMILES string of the molecule is COc1cncc(-c2cc(NN)ccn2)c1. The number of nitrogens with two attached hydrogens (primary N) is 1. The molecule has 5 nitrogen and oxygen atoms in total. The predicted molar refractivity (Wildman–Crippen MR) is 61.8 cm³/mol. The molecule has 0 bridgehead atoms. The summed E-state index contributed by atoms with van der Waals surface area (Å²) in [5.41, 5.74) is 5.05. The van der Waals surface area contributed by atoms with Crippen molar-refractivity contribution in [2.45, 2.75) is 0 Å². The minimum atomic E-state index is 0.699. The molecule has 0 spiro atoms. The van der Waals surface area contributed by atoms with E-state index in [9.17, 15) is 0 Å². The van der Waals surface area contributed by atoms with E-state index in [1.54, 1.807) is 31.8 Å². The summed E-state index contributed by atoms with van der Waals surface area (Å²) in [6.07, 6.45) is 5.06. The first-order chi connectivity index (χ1) is 7.83. The van der Waals surface area contributed by atoms with E-state index in [-0.39, 0.29) is 0 Å². The Labute approximate surface area is 93.3 Å². The van der Waals surface area contributed by atoms with Crippen molar-refractivity contribution in [3.8, 4) is 17.0 Å². The molecule has 0 fully saturated rings. The Bertz CT molecular complexity index is 441. The van der Waals surface area contributed by atoms with Crippen LogP contribution in [0.2, 0.25) is 0 Å². The number of hydrogen-bond donors (Lipinski definition) is 2. The minimum Gasteiger partial charge on any atom is -0.495 e. The maximum Gasteiger partial charge on any atom is 0.137 e. The van der Waals surface area contributed by atoms with E-state index < -0.39 is 0 Å². The zero-order valence-corrected chi connectivity index (χ0v) is 8.84. The lowest BCUT2D eigenvalue weighted by Crippen LogP contribution is -2.06. The molecular weight excluding hydrogens is 204 g/mol.